The first-order chi connectivity index (χ1) is 5.27. The van der Waals surface area contributed by atoms with E-state index >= 15 is 0 Å². The third kappa shape index (κ3) is 3.19. The average Bonchev–Trinajstić information content (AvgIpc) is 1.85. The van der Waals surface area contributed by atoms with Crippen LogP contribution >= 0.6 is 0 Å². The summed E-state index contributed by atoms with van der Waals surface area (Å²) in [6.07, 6.45) is 0.0833. The van der Waals surface area contributed by atoms with Crippen molar-refractivity contribution in [1.82, 2.24) is 0 Å². The van der Waals surface area contributed by atoms with Crippen LogP contribution in [0.4, 0.5) is 0 Å². The van der Waals surface area contributed by atoms with E-state index in [0.717, 1.165) is 0 Å². The van der Waals surface area contributed by atoms with Crippen molar-refractivity contribution < 1.29 is 15.0 Å². The molecule has 4 heteroatoms. The van der Waals surface area contributed by atoms with Crippen LogP contribution in [0.25, 0.3) is 0 Å². The maximum Gasteiger partial charge on any atom is 0.320 e. The van der Waals surface area contributed by atoms with E-state index in [4.69, 9.17) is 10.8 Å². The van der Waals surface area contributed by atoms with E-state index in [0.29, 0.717) is 0 Å². The molecule has 0 heterocycles. The second kappa shape index (κ2) is 3.87. The Morgan fingerprint density at radius 1 is 1.58 bits per heavy atom. The first-order valence-corrected chi connectivity index (χ1v) is 3.98. The van der Waals surface area contributed by atoms with Gasteiger partial charge in [-0.15, -0.1) is 0 Å². The van der Waals surface area contributed by atoms with Crippen molar-refractivity contribution in [3.8, 4) is 0 Å². The van der Waals surface area contributed by atoms with E-state index in [1.807, 2.05) is 13.8 Å². The van der Waals surface area contributed by atoms with Gasteiger partial charge in [-0.25, -0.2) is 0 Å². The average molecular weight is 175 g/mol. The van der Waals surface area contributed by atoms with E-state index in [9.17, 15) is 9.90 Å². The highest BCUT2D eigenvalue weighted by Gasteiger charge is 2.29. The summed E-state index contributed by atoms with van der Waals surface area (Å²) in [6.45, 7) is 5.25. The third-order valence-electron chi connectivity index (χ3n) is 2.19. The number of aliphatic hydroxyl groups is 1. The van der Waals surface area contributed by atoms with Gasteiger partial charge in [0.25, 0.3) is 0 Å². The molecule has 4 N–H and O–H groups in total. The smallest absolute Gasteiger partial charge is 0.320 e. The van der Waals surface area contributed by atoms with Crippen LogP contribution in [0.2, 0.25) is 0 Å². The normalized spacial score (nSPS) is 18.8. The van der Waals surface area contributed by atoms with Crippen molar-refractivity contribution in [2.45, 2.75) is 38.8 Å². The van der Waals surface area contributed by atoms with Crippen LogP contribution in [0.1, 0.15) is 27.2 Å². The molecular formula is C8H17NO3. The second-order valence-electron chi connectivity index (χ2n) is 3.66. The molecule has 4 nitrogen and oxygen atoms in total. The van der Waals surface area contributed by atoms with Gasteiger partial charge < -0.3 is 15.9 Å². The molecule has 0 amide bonds. The van der Waals surface area contributed by atoms with Crippen LogP contribution in [0.15, 0.2) is 0 Å². The summed E-state index contributed by atoms with van der Waals surface area (Å²) >= 11 is 0. The number of carboxylic acids is 1. The van der Waals surface area contributed by atoms with Gasteiger partial charge in [-0.05, 0) is 12.8 Å². The van der Waals surface area contributed by atoms with Crippen LogP contribution in [0.5, 0.6) is 0 Å². The molecule has 12 heavy (non-hydrogen) atoms. The molecule has 0 saturated carbocycles. The summed E-state index contributed by atoms with van der Waals surface area (Å²) in [5, 5.41) is 18.2. The van der Waals surface area contributed by atoms with Crippen LogP contribution in [-0.4, -0.2) is 27.8 Å². The molecule has 2 atom stereocenters. The van der Waals surface area contributed by atoms with Crippen LogP contribution in [0, 0.1) is 5.92 Å². The molecule has 0 aromatic rings. The fourth-order valence-corrected chi connectivity index (χ4v) is 0.768. The minimum atomic E-state index is -1.07. The Labute approximate surface area is 72.4 Å². The van der Waals surface area contributed by atoms with Gasteiger partial charge in [-0.2, -0.15) is 0 Å². The standard InChI is InChI=1S/C8H17NO3/c1-5(2)8(3,12)4-6(9)7(10)11/h5-6,12H,4,9H2,1-3H3,(H,10,11)/t6-,8?/m0/s1. The lowest BCUT2D eigenvalue weighted by Crippen LogP contribution is -2.42. The monoisotopic (exact) mass is 175 g/mol. The highest BCUT2D eigenvalue weighted by molar-refractivity contribution is 5.73. The van der Waals surface area contributed by atoms with Crippen LogP contribution in [-0.2, 0) is 4.79 Å². The van der Waals surface area contributed by atoms with Gasteiger partial charge in [0, 0.05) is 6.42 Å². The Balaban J connectivity index is 4.15. The van der Waals surface area contributed by atoms with Gasteiger partial charge in [-0.3, -0.25) is 4.79 Å². The Bertz CT molecular complexity index is 166. The molecule has 0 aromatic carbocycles. The topological polar surface area (TPSA) is 83.5 Å². The highest BCUT2D eigenvalue weighted by Crippen LogP contribution is 2.21. The highest BCUT2D eigenvalue weighted by atomic mass is 16.4. The van der Waals surface area contributed by atoms with Gasteiger partial charge in [-0.1, -0.05) is 13.8 Å². The molecule has 0 fully saturated rings. The molecule has 0 bridgehead atoms. The summed E-state index contributed by atoms with van der Waals surface area (Å²) in [6, 6.07) is -0.984. The zero-order valence-corrected chi connectivity index (χ0v) is 7.74. The Kier molecular flexibility index (Phi) is 3.67. The molecule has 0 aliphatic rings. The molecule has 0 saturated heterocycles. The lowest BCUT2D eigenvalue weighted by molar-refractivity contribution is -0.140. The molecule has 0 rings (SSSR count). The third-order valence-corrected chi connectivity index (χ3v) is 2.19. The van der Waals surface area contributed by atoms with Gasteiger partial charge in [0.05, 0.1) is 5.60 Å². The number of carbonyl (C=O) groups is 1. The summed E-state index contributed by atoms with van der Waals surface area (Å²) in [5.74, 6) is -1.07. The van der Waals surface area contributed by atoms with Crippen molar-refractivity contribution in [2.24, 2.45) is 11.7 Å². The number of rotatable bonds is 4. The van der Waals surface area contributed by atoms with Crippen LogP contribution < -0.4 is 5.73 Å². The number of aliphatic carboxylic acids is 1. The van der Waals surface area contributed by atoms with Gasteiger partial charge in [0.15, 0.2) is 0 Å². The predicted molar refractivity (Wildman–Crippen MR) is 45.7 cm³/mol. The first-order valence-electron chi connectivity index (χ1n) is 3.98. The zero-order valence-electron chi connectivity index (χ0n) is 7.74. The molecule has 1 unspecified atom stereocenters. The molecular weight excluding hydrogens is 158 g/mol. The zero-order chi connectivity index (χ0) is 9.94. The van der Waals surface area contributed by atoms with Gasteiger partial charge in [0.1, 0.15) is 6.04 Å². The molecule has 0 aliphatic carbocycles. The number of carboxylic acid groups (broad SMARTS) is 1. The van der Waals surface area contributed by atoms with E-state index in [1.54, 1.807) is 6.92 Å². The van der Waals surface area contributed by atoms with E-state index < -0.39 is 17.6 Å². The Hall–Kier alpha value is -0.610. The van der Waals surface area contributed by atoms with Crippen LogP contribution in [0.3, 0.4) is 0 Å². The maximum absolute atomic E-state index is 10.4. The summed E-state index contributed by atoms with van der Waals surface area (Å²) in [5.41, 5.74) is 4.28. The fourth-order valence-electron chi connectivity index (χ4n) is 0.768. The summed E-state index contributed by atoms with van der Waals surface area (Å²) < 4.78 is 0. The molecule has 72 valence electrons. The molecule has 0 aliphatic heterocycles. The number of nitrogens with two attached hydrogens (primary N) is 1. The maximum atomic E-state index is 10.4. The minimum Gasteiger partial charge on any atom is -0.480 e. The fraction of sp³-hybridized carbons (Fsp3) is 0.875. The molecule has 0 aromatic heterocycles. The molecule has 0 radical (unpaired) electrons. The van der Waals surface area contributed by atoms with Gasteiger partial charge >= 0.3 is 5.97 Å². The number of hydrogen-bond donors (Lipinski definition) is 3. The van der Waals surface area contributed by atoms with E-state index in [2.05, 4.69) is 0 Å². The van der Waals surface area contributed by atoms with E-state index in [1.165, 1.54) is 0 Å². The summed E-state index contributed by atoms with van der Waals surface area (Å²) in [7, 11) is 0. The molecule has 0 spiro atoms. The van der Waals surface area contributed by atoms with Crippen molar-refractivity contribution in [3.63, 3.8) is 0 Å². The quantitative estimate of drug-likeness (QED) is 0.569. The largest absolute Gasteiger partial charge is 0.480 e. The predicted octanol–water partition coefficient (Wildman–Crippen LogP) is 0.195. The lowest BCUT2D eigenvalue weighted by atomic mass is 9.86. The van der Waals surface area contributed by atoms with Crippen molar-refractivity contribution in [3.05, 3.63) is 0 Å². The van der Waals surface area contributed by atoms with Crippen molar-refractivity contribution in [2.75, 3.05) is 0 Å². The number of hydrogen-bond acceptors (Lipinski definition) is 3. The summed E-state index contributed by atoms with van der Waals surface area (Å²) in [4.78, 5) is 10.4. The second-order valence-corrected chi connectivity index (χ2v) is 3.66. The SMILES string of the molecule is CC(C)C(C)(O)C[C@H](N)C(=O)O. The first kappa shape index (κ1) is 11.4. The van der Waals surface area contributed by atoms with Crippen molar-refractivity contribution in [1.29, 1.82) is 0 Å². The van der Waals surface area contributed by atoms with Gasteiger partial charge in [0.2, 0.25) is 0 Å². The lowest BCUT2D eigenvalue weighted by Gasteiger charge is -2.28. The Morgan fingerprint density at radius 3 is 2.25 bits per heavy atom. The Morgan fingerprint density at radius 2 is 2.00 bits per heavy atom. The minimum absolute atomic E-state index is 0.00269. The van der Waals surface area contributed by atoms with Crippen molar-refractivity contribution >= 4 is 5.97 Å². The van der Waals surface area contributed by atoms with E-state index in [-0.39, 0.29) is 12.3 Å².